The van der Waals surface area contributed by atoms with Gasteiger partial charge in [-0.3, -0.25) is 20.6 Å². The maximum atomic E-state index is 11.7. The third-order valence-corrected chi connectivity index (χ3v) is 3.62. The van der Waals surface area contributed by atoms with Gasteiger partial charge in [-0.15, -0.1) is 0 Å². The van der Waals surface area contributed by atoms with Crippen LogP contribution in [0.4, 0.5) is 0 Å². The minimum atomic E-state index is -0.0589. The minimum Gasteiger partial charge on any atom is -0.273 e. The van der Waals surface area contributed by atoms with Crippen LogP contribution in [0.15, 0.2) is 29.6 Å². The lowest BCUT2D eigenvalue weighted by atomic mass is 9.91. The van der Waals surface area contributed by atoms with Crippen LogP contribution >= 0.6 is 0 Å². The standard InChI is InChI=1S/C14H21N5O/c1-10-13(11(2)18-17-10)5-6-14(20)19-16-9-12-4-3-7-15-8-12/h3-4,7-11,13,17-18H,5-6H2,1-2H3,(H,19,20)/b16-9+. The van der Waals surface area contributed by atoms with Crippen molar-refractivity contribution in [2.45, 2.75) is 38.8 Å². The summed E-state index contributed by atoms with van der Waals surface area (Å²) in [5.74, 6) is 0.402. The summed E-state index contributed by atoms with van der Waals surface area (Å²) in [5.41, 5.74) is 9.79. The second-order valence-electron chi connectivity index (χ2n) is 5.15. The van der Waals surface area contributed by atoms with E-state index >= 15 is 0 Å². The molecule has 108 valence electrons. The van der Waals surface area contributed by atoms with Crippen molar-refractivity contribution in [2.24, 2.45) is 11.0 Å². The van der Waals surface area contributed by atoms with E-state index in [9.17, 15) is 4.79 Å². The molecule has 6 heteroatoms. The SMILES string of the molecule is CC1NNC(C)C1CCC(=O)N/N=C/c1cccnc1. The zero-order valence-electron chi connectivity index (χ0n) is 11.8. The molecule has 1 aromatic heterocycles. The lowest BCUT2D eigenvalue weighted by molar-refractivity contribution is -0.121. The second-order valence-corrected chi connectivity index (χ2v) is 5.15. The Balaban J connectivity index is 1.72. The molecule has 2 atom stereocenters. The molecule has 1 aliphatic rings. The normalized spacial score (nSPS) is 26.0. The maximum absolute atomic E-state index is 11.7. The molecule has 1 amide bonds. The number of nitrogens with zero attached hydrogens (tertiary/aromatic N) is 2. The number of hydrazone groups is 1. The monoisotopic (exact) mass is 275 g/mol. The summed E-state index contributed by atoms with van der Waals surface area (Å²) in [6.45, 7) is 4.25. The highest BCUT2D eigenvalue weighted by Crippen LogP contribution is 2.19. The molecule has 2 rings (SSSR count). The summed E-state index contributed by atoms with van der Waals surface area (Å²) in [7, 11) is 0. The summed E-state index contributed by atoms with van der Waals surface area (Å²) < 4.78 is 0. The Morgan fingerprint density at radius 2 is 2.20 bits per heavy atom. The number of rotatable bonds is 5. The van der Waals surface area contributed by atoms with E-state index in [0.29, 0.717) is 24.4 Å². The molecule has 1 fully saturated rings. The van der Waals surface area contributed by atoms with Crippen molar-refractivity contribution in [1.29, 1.82) is 0 Å². The van der Waals surface area contributed by atoms with Gasteiger partial charge in [0.05, 0.1) is 6.21 Å². The van der Waals surface area contributed by atoms with Gasteiger partial charge in [0, 0.05) is 36.5 Å². The molecule has 2 heterocycles. The summed E-state index contributed by atoms with van der Waals surface area (Å²) in [4.78, 5) is 15.7. The van der Waals surface area contributed by atoms with Crippen molar-refractivity contribution in [3.05, 3.63) is 30.1 Å². The van der Waals surface area contributed by atoms with Gasteiger partial charge < -0.3 is 0 Å². The average Bonchev–Trinajstić information content (AvgIpc) is 2.77. The molecule has 20 heavy (non-hydrogen) atoms. The van der Waals surface area contributed by atoms with E-state index in [1.165, 1.54) is 0 Å². The fourth-order valence-corrected chi connectivity index (χ4v) is 2.39. The van der Waals surface area contributed by atoms with Gasteiger partial charge in [0.15, 0.2) is 0 Å². The number of hydrogen-bond donors (Lipinski definition) is 3. The number of hydrazine groups is 1. The van der Waals surface area contributed by atoms with Crippen molar-refractivity contribution in [2.75, 3.05) is 0 Å². The number of pyridine rings is 1. The molecule has 0 saturated carbocycles. The van der Waals surface area contributed by atoms with Gasteiger partial charge >= 0.3 is 0 Å². The summed E-state index contributed by atoms with van der Waals surface area (Å²) in [6.07, 6.45) is 6.30. The van der Waals surface area contributed by atoms with Gasteiger partial charge in [0.1, 0.15) is 0 Å². The van der Waals surface area contributed by atoms with Crippen LogP contribution in [0.1, 0.15) is 32.3 Å². The maximum Gasteiger partial charge on any atom is 0.240 e. The molecular formula is C14H21N5O. The molecule has 3 N–H and O–H groups in total. The minimum absolute atomic E-state index is 0.0589. The smallest absolute Gasteiger partial charge is 0.240 e. The van der Waals surface area contributed by atoms with Gasteiger partial charge in [-0.05, 0) is 32.3 Å². The van der Waals surface area contributed by atoms with Gasteiger partial charge in [-0.2, -0.15) is 5.10 Å². The van der Waals surface area contributed by atoms with Crippen molar-refractivity contribution in [3.63, 3.8) is 0 Å². The molecule has 0 spiro atoms. The van der Waals surface area contributed by atoms with Crippen LogP contribution in [0.25, 0.3) is 0 Å². The largest absolute Gasteiger partial charge is 0.273 e. The van der Waals surface area contributed by atoms with E-state index in [0.717, 1.165) is 12.0 Å². The zero-order chi connectivity index (χ0) is 14.4. The topological polar surface area (TPSA) is 78.4 Å². The fourth-order valence-electron chi connectivity index (χ4n) is 2.39. The third-order valence-electron chi connectivity index (χ3n) is 3.62. The first kappa shape index (κ1) is 14.6. The third kappa shape index (κ3) is 4.11. The van der Waals surface area contributed by atoms with E-state index in [1.807, 2.05) is 12.1 Å². The molecular weight excluding hydrogens is 254 g/mol. The Morgan fingerprint density at radius 3 is 2.85 bits per heavy atom. The Morgan fingerprint density at radius 1 is 1.45 bits per heavy atom. The highest BCUT2D eigenvalue weighted by molar-refractivity contribution is 5.81. The molecule has 0 radical (unpaired) electrons. The first-order valence-electron chi connectivity index (χ1n) is 6.90. The number of amides is 1. The van der Waals surface area contributed by atoms with Gasteiger partial charge in [-0.25, -0.2) is 5.43 Å². The average molecular weight is 275 g/mol. The van der Waals surface area contributed by atoms with E-state index in [2.05, 4.69) is 40.2 Å². The number of hydrogen-bond acceptors (Lipinski definition) is 5. The van der Waals surface area contributed by atoms with Crippen molar-refractivity contribution >= 4 is 12.1 Å². The molecule has 1 aromatic rings. The lowest BCUT2D eigenvalue weighted by Gasteiger charge is -2.16. The van der Waals surface area contributed by atoms with Crippen molar-refractivity contribution in [3.8, 4) is 0 Å². The molecule has 6 nitrogen and oxygen atoms in total. The highest BCUT2D eigenvalue weighted by Gasteiger charge is 2.29. The summed E-state index contributed by atoms with van der Waals surface area (Å²) in [6, 6.07) is 4.47. The van der Waals surface area contributed by atoms with Crippen LogP contribution in [0, 0.1) is 5.92 Å². The molecule has 1 aliphatic heterocycles. The van der Waals surface area contributed by atoms with E-state index in [1.54, 1.807) is 18.6 Å². The lowest BCUT2D eigenvalue weighted by Crippen LogP contribution is -2.30. The van der Waals surface area contributed by atoms with Crippen LogP contribution in [0.5, 0.6) is 0 Å². The first-order valence-corrected chi connectivity index (χ1v) is 6.90. The highest BCUT2D eigenvalue weighted by atomic mass is 16.2. The quantitative estimate of drug-likeness (QED) is 0.549. The molecule has 0 bridgehead atoms. The van der Waals surface area contributed by atoms with Crippen LogP contribution < -0.4 is 16.3 Å². The van der Waals surface area contributed by atoms with Crippen LogP contribution in [-0.2, 0) is 4.79 Å². The van der Waals surface area contributed by atoms with Crippen LogP contribution in [-0.4, -0.2) is 29.2 Å². The summed E-state index contributed by atoms with van der Waals surface area (Å²) >= 11 is 0. The van der Waals surface area contributed by atoms with Gasteiger partial charge in [-0.1, -0.05) is 6.07 Å². The number of aromatic nitrogens is 1. The van der Waals surface area contributed by atoms with Crippen LogP contribution in [0.3, 0.4) is 0 Å². The van der Waals surface area contributed by atoms with Crippen LogP contribution in [0.2, 0.25) is 0 Å². The Bertz CT molecular complexity index is 452. The van der Waals surface area contributed by atoms with Gasteiger partial charge in [0.2, 0.25) is 5.91 Å². The molecule has 0 aliphatic carbocycles. The first-order chi connectivity index (χ1) is 9.66. The molecule has 0 aromatic carbocycles. The second kappa shape index (κ2) is 7.12. The number of carbonyl (C=O) groups is 1. The van der Waals surface area contributed by atoms with E-state index < -0.39 is 0 Å². The van der Waals surface area contributed by atoms with E-state index in [4.69, 9.17) is 0 Å². The molecule has 1 saturated heterocycles. The number of nitrogens with one attached hydrogen (secondary N) is 3. The molecule has 2 unspecified atom stereocenters. The van der Waals surface area contributed by atoms with Crippen molar-refractivity contribution in [1.82, 2.24) is 21.3 Å². The van der Waals surface area contributed by atoms with Crippen molar-refractivity contribution < 1.29 is 4.79 Å². The predicted octanol–water partition coefficient (Wildman–Crippen LogP) is 0.813. The Labute approximate surface area is 119 Å². The predicted molar refractivity (Wildman–Crippen MR) is 77.9 cm³/mol. The number of carbonyl (C=O) groups excluding carboxylic acids is 1. The Kier molecular flexibility index (Phi) is 5.20. The fraction of sp³-hybridized carbons (Fsp3) is 0.500. The van der Waals surface area contributed by atoms with E-state index in [-0.39, 0.29) is 5.91 Å². The zero-order valence-corrected chi connectivity index (χ0v) is 11.8. The van der Waals surface area contributed by atoms with Gasteiger partial charge in [0.25, 0.3) is 0 Å². The Hall–Kier alpha value is -1.79. The summed E-state index contributed by atoms with van der Waals surface area (Å²) in [5, 5.41) is 3.93.